The van der Waals surface area contributed by atoms with Gasteiger partial charge in [-0.05, 0) is 24.6 Å². The Hall–Kier alpha value is -0.970. The normalized spacial score (nSPS) is 11.4. The molecule has 0 heterocycles. The molecule has 0 N–H and O–H groups in total. The number of Topliss-reactive ketones (excluding diaryl/α,β-unsaturated/α-hetero) is 1. The van der Waals surface area contributed by atoms with Gasteiger partial charge in [0.2, 0.25) is 5.78 Å². The van der Waals surface area contributed by atoms with Crippen LogP contribution in [0.15, 0.2) is 16.6 Å². The smallest absolute Gasteiger partial charge is 0.307 e. The summed E-state index contributed by atoms with van der Waals surface area (Å²) >= 11 is 3.24. The number of hydrogen-bond acceptors (Lipinski definition) is 2. The predicted molar refractivity (Wildman–Crippen MR) is 60.4 cm³/mol. The number of aryl methyl sites for hydroxylation is 1. The lowest BCUT2D eigenvalue weighted by atomic mass is 10.0. The van der Waals surface area contributed by atoms with Gasteiger partial charge in [-0.3, -0.25) is 4.79 Å². The number of benzene rings is 1. The Kier molecular flexibility index (Phi) is 3.68. The van der Waals surface area contributed by atoms with E-state index in [2.05, 4.69) is 15.9 Å². The fourth-order valence-corrected chi connectivity index (χ4v) is 1.57. The monoisotopic (exact) mass is 292 g/mol. The summed E-state index contributed by atoms with van der Waals surface area (Å²) in [6.07, 6.45) is 0. The van der Waals surface area contributed by atoms with Crippen molar-refractivity contribution in [2.45, 2.75) is 19.8 Å². The number of ketones is 1. The number of carbonyl (C=O) groups excluding carboxylic acids is 1. The summed E-state index contributed by atoms with van der Waals surface area (Å²) in [7, 11) is 1.34. The highest BCUT2D eigenvalue weighted by molar-refractivity contribution is 9.10. The minimum atomic E-state index is -3.40. The highest BCUT2D eigenvalue weighted by Crippen LogP contribution is 2.31. The molecular weight excluding hydrogens is 282 g/mol. The third-order valence-electron chi connectivity index (χ3n) is 2.12. The maximum atomic E-state index is 12.9. The quantitative estimate of drug-likeness (QED) is 0.796. The summed E-state index contributed by atoms with van der Waals surface area (Å²) in [4.78, 5) is 11.5. The minimum absolute atomic E-state index is 0.101. The lowest BCUT2D eigenvalue weighted by molar-refractivity contribution is 0.0219. The van der Waals surface area contributed by atoms with Gasteiger partial charge in [-0.1, -0.05) is 15.9 Å². The van der Waals surface area contributed by atoms with Crippen molar-refractivity contribution in [3.63, 3.8) is 0 Å². The summed E-state index contributed by atoms with van der Waals surface area (Å²) in [6.45, 7) is 2.29. The summed E-state index contributed by atoms with van der Waals surface area (Å²) < 4.78 is 31.5. The highest BCUT2D eigenvalue weighted by atomic mass is 79.9. The summed E-state index contributed by atoms with van der Waals surface area (Å²) in [5.74, 6) is -4.49. The summed E-state index contributed by atoms with van der Waals surface area (Å²) in [5.41, 5.74) is 0.601. The van der Waals surface area contributed by atoms with Gasteiger partial charge in [0.05, 0.1) is 12.7 Å². The fraction of sp³-hybridized carbons (Fsp3) is 0.364. The van der Waals surface area contributed by atoms with Crippen molar-refractivity contribution in [1.29, 1.82) is 0 Å². The summed E-state index contributed by atoms with van der Waals surface area (Å²) in [6, 6.07) is 2.90. The molecule has 88 valence electrons. The molecule has 1 aromatic rings. The molecule has 1 aromatic carbocycles. The van der Waals surface area contributed by atoms with Crippen molar-refractivity contribution >= 4 is 21.7 Å². The van der Waals surface area contributed by atoms with Crippen LogP contribution in [0, 0.1) is 6.92 Å². The maximum Gasteiger partial charge on any atom is 0.307 e. The van der Waals surface area contributed by atoms with Gasteiger partial charge >= 0.3 is 5.92 Å². The Balaban J connectivity index is 3.33. The van der Waals surface area contributed by atoms with Gasteiger partial charge < -0.3 is 4.74 Å². The van der Waals surface area contributed by atoms with Crippen molar-refractivity contribution < 1.29 is 18.3 Å². The van der Waals surface area contributed by atoms with E-state index >= 15 is 0 Å². The SMILES string of the molecule is COc1cc(Br)c(C)cc1C(=O)C(C)(F)F. The molecule has 0 aliphatic carbocycles. The average molecular weight is 293 g/mol. The number of halogens is 3. The van der Waals surface area contributed by atoms with Gasteiger partial charge in [-0.15, -0.1) is 0 Å². The van der Waals surface area contributed by atoms with E-state index in [1.807, 2.05) is 0 Å². The van der Waals surface area contributed by atoms with E-state index in [4.69, 9.17) is 4.74 Å². The van der Waals surface area contributed by atoms with Gasteiger partial charge in [0.1, 0.15) is 5.75 Å². The molecule has 0 aliphatic rings. The molecule has 0 unspecified atom stereocenters. The largest absolute Gasteiger partial charge is 0.496 e. The molecule has 0 aliphatic heterocycles. The van der Waals surface area contributed by atoms with E-state index in [-0.39, 0.29) is 11.3 Å². The molecule has 0 saturated heterocycles. The fourth-order valence-electron chi connectivity index (χ4n) is 1.25. The molecule has 1 rings (SSSR count). The van der Waals surface area contributed by atoms with Gasteiger partial charge in [0.25, 0.3) is 0 Å². The Morgan fingerprint density at radius 1 is 1.44 bits per heavy atom. The van der Waals surface area contributed by atoms with E-state index < -0.39 is 11.7 Å². The van der Waals surface area contributed by atoms with Crippen molar-refractivity contribution in [1.82, 2.24) is 0 Å². The molecule has 16 heavy (non-hydrogen) atoms. The lowest BCUT2D eigenvalue weighted by Crippen LogP contribution is -2.25. The minimum Gasteiger partial charge on any atom is -0.496 e. The van der Waals surface area contributed by atoms with Crippen molar-refractivity contribution in [2.24, 2.45) is 0 Å². The van der Waals surface area contributed by atoms with Crippen LogP contribution in [0.3, 0.4) is 0 Å². The number of alkyl halides is 2. The van der Waals surface area contributed by atoms with Crippen LogP contribution in [0.4, 0.5) is 8.78 Å². The van der Waals surface area contributed by atoms with E-state index in [9.17, 15) is 13.6 Å². The van der Waals surface area contributed by atoms with Crippen LogP contribution in [-0.4, -0.2) is 18.8 Å². The van der Waals surface area contributed by atoms with E-state index in [1.54, 1.807) is 6.92 Å². The maximum absolute atomic E-state index is 12.9. The lowest BCUT2D eigenvalue weighted by Gasteiger charge is -2.13. The topological polar surface area (TPSA) is 26.3 Å². The van der Waals surface area contributed by atoms with Gasteiger partial charge in [0, 0.05) is 11.4 Å². The number of ether oxygens (including phenoxy) is 1. The third-order valence-corrected chi connectivity index (χ3v) is 2.98. The molecule has 0 bridgehead atoms. The van der Waals surface area contributed by atoms with Gasteiger partial charge in [-0.25, -0.2) is 0 Å². The first kappa shape index (κ1) is 13.1. The molecule has 0 spiro atoms. The molecule has 2 nitrogen and oxygen atoms in total. The standard InChI is InChI=1S/C11H11BrF2O2/c1-6-4-7(10(15)11(2,13)14)9(16-3)5-8(6)12/h4-5H,1-3H3. The van der Waals surface area contributed by atoms with Crippen LogP contribution in [0.5, 0.6) is 5.75 Å². The molecule has 0 saturated carbocycles. The zero-order valence-electron chi connectivity index (χ0n) is 9.11. The number of carbonyl (C=O) groups is 1. The van der Waals surface area contributed by atoms with Crippen LogP contribution in [0.2, 0.25) is 0 Å². The Morgan fingerprint density at radius 2 is 2.00 bits per heavy atom. The van der Waals surface area contributed by atoms with E-state index in [0.29, 0.717) is 17.0 Å². The molecular formula is C11H11BrF2O2. The Labute approximate surface area is 101 Å². The van der Waals surface area contributed by atoms with Crippen LogP contribution >= 0.6 is 15.9 Å². The van der Waals surface area contributed by atoms with Crippen LogP contribution in [-0.2, 0) is 0 Å². The number of methoxy groups -OCH3 is 1. The van der Waals surface area contributed by atoms with Crippen molar-refractivity contribution in [3.05, 3.63) is 27.7 Å². The van der Waals surface area contributed by atoms with Crippen LogP contribution < -0.4 is 4.74 Å². The van der Waals surface area contributed by atoms with E-state index in [0.717, 1.165) is 0 Å². The van der Waals surface area contributed by atoms with E-state index in [1.165, 1.54) is 19.2 Å². The Morgan fingerprint density at radius 3 is 2.44 bits per heavy atom. The zero-order chi connectivity index (χ0) is 12.5. The average Bonchev–Trinajstić information content (AvgIpc) is 2.19. The number of hydrogen-bond donors (Lipinski definition) is 0. The van der Waals surface area contributed by atoms with Gasteiger partial charge in [-0.2, -0.15) is 8.78 Å². The molecule has 0 atom stereocenters. The highest BCUT2D eigenvalue weighted by Gasteiger charge is 2.35. The van der Waals surface area contributed by atoms with Crippen molar-refractivity contribution in [3.8, 4) is 5.75 Å². The molecule has 5 heteroatoms. The summed E-state index contributed by atoms with van der Waals surface area (Å²) in [5, 5.41) is 0. The molecule has 0 aromatic heterocycles. The second-order valence-corrected chi connectivity index (χ2v) is 4.37. The van der Waals surface area contributed by atoms with Crippen LogP contribution in [0.25, 0.3) is 0 Å². The third kappa shape index (κ3) is 2.58. The molecule has 0 amide bonds. The second-order valence-electron chi connectivity index (χ2n) is 3.52. The molecule has 0 radical (unpaired) electrons. The first-order chi connectivity index (χ1) is 7.27. The van der Waals surface area contributed by atoms with Crippen molar-refractivity contribution in [2.75, 3.05) is 7.11 Å². The second kappa shape index (κ2) is 4.49. The predicted octanol–water partition coefficient (Wildman–Crippen LogP) is 3.60. The Bertz CT molecular complexity index is 425. The molecule has 0 fully saturated rings. The van der Waals surface area contributed by atoms with Crippen LogP contribution in [0.1, 0.15) is 22.8 Å². The first-order valence-electron chi connectivity index (χ1n) is 4.54. The zero-order valence-corrected chi connectivity index (χ0v) is 10.7. The van der Waals surface area contributed by atoms with Gasteiger partial charge in [0.15, 0.2) is 0 Å². The number of rotatable bonds is 3. The first-order valence-corrected chi connectivity index (χ1v) is 5.33.